The molecule has 0 heterocycles. The second kappa shape index (κ2) is 5.77. The van der Waals surface area contributed by atoms with Crippen LogP contribution in [0.15, 0.2) is 12.7 Å². The smallest absolute Gasteiger partial charge is 0.171 e. The summed E-state index contributed by atoms with van der Waals surface area (Å²) >= 11 is 0. The third kappa shape index (κ3) is 2.40. The standard InChI is InChI=1S/C23H33F3/c1-3-4-20-18-12-19(18)21-17-7-5-13-11-14(23(24,25)26)6-8-15(13)16(17)9-10-22(20,21)2/h3,13-21H,1,4-12H2,2H3/t13-,14+,15+,16?,17-,18+,19?,20?,21?,22-/m1/s1. The molecule has 0 aromatic heterocycles. The van der Waals surface area contributed by atoms with Gasteiger partial charge in [0.05, 0.1) is 5.92 Å². The molecule has 0 aromatic rings. The SMILES string of the molecule is C=CCC1[C@H]2CC2C2[C@@H]3CC[C@@H]4C[C@@H](C(F)(F)F)CC[C@@H]4C3CC[C@]12C. The first-order valence-corrected chi connectivity index (χ1v) is 11.0. The summed E-state index contributed by atoms with van der Waals surface area (Å²) < 4.78 is 39.7. The molecule has 4 unspecified atom stereocenters. The van der Waals surface area contributed by atoms with Crippen LogP contribution in [0, 0.1) is 58.7 Å². The van der Waals surface area contributed by atoms with E-state index in [9.17, 15) is 13.2 Å². The van der Waals surface area contributed by atoms with Crippen LogP contribution in [0.3, 0.4) is 0 Å². The Kier molecular flexibility index (Phi) is 3.91. The highest BCUT2D eigenvalue weighted by atomic mass is 19.4. The molecule has 0 radical (unpaired) electrons. The van der Waals surface area contributed by atoms with Crippen molar-refractivity contribution in [1.29, 1.82) is 0 Å². The lowest BCUT2D eigenvalue weighted by Crippen LogP contribution is -2.50. The van der Waals surface area contributed by atoms with E-state index in [0.717, 1.165) is 48.3 Å². The Morgan fingerprint density at radius 3 is 2.42 bits per heavy atom. The van der Waals surface area contributed by atoms with Crippen molar-refractivity contribution in [3.63, 3.8) is 0 Å². The number of hydrogen-bond donors (Lipinski definition) is 0. The average molecular weight is 367 g/mol. The maximum absolute atomic E-state index is 13.2. The van der Waals surface area contributed by atoms with E-state index in [1.54, 1.807) is 0 Å². The molecule has 26 heavy (non-hydrogen) atoms. The van der Waals surface area contributed by atoms with Crippen LogP contribution >= 0.6 is 0 Å². The molecule has 0 aromatic carbocycles. The normalized spacial score (nSPS) is 55.3. The molecule has 5 rings (SSSR count). The van der Waals surface area contributed by atoms with Crippen LogP contribution < -0.4 is 0 Å². The fourth-order valence-electron chi connectivity index (χ4n) is 8.89. The van der Waals surface area contributed by atoms with Gasteiger partial charge in [0.1, 0.15) is 0 Å². The third-order valence-corrected chi connectivity index (χ3v) is 9.85. The van der Waals surface area contributed by atoms with E-state index in [2.05, 4.69) is 19.6 Å². The molecule has 146 valence electrons. The minimum atomic E-state index is -3.97. The Hall–Kier alpha value is -0.470. The van der Waals surface area contributed by atoms with Crippen LogP contribution in [-0.2, 0) is 0 Å². The molecule has 5 fully saturated rings. The number of hydrogen-bond acceptors (Lipinski definition) is 0. The Morgan fingerprint density at radius 2 is 1.69 bits per heavy atom. The zero-order valence-corrected chi connectivity index (χ0v) is 16.0. The minimum absolute atomic E-state index is 0.348. The first-order chi connectivity index (χ1) is 12.3. The lowest BCUT2D eigenvalue weighted by atomic mass is 9.48. The number of alkyl halides is 3. The Balaban J connectivity index is 1.36. The highest BCUT2D eigenvalue weighted by Crippen LogP contribution is 2.75. The van der Waals surface area contributed by atoms with Gasteiger partial charge in [-0.25, -0.2) is 0 Å². The van der Waals surface area contributed by atoms with E-state index >= 15 is 0 Å². The summed E-state index contributed by atoms with van der Waals surface area (Å²) in [5.74, 6) is 5.00. The van der Waals surface area contributed by atoms with Crippen LogP contribution in [-0.4, -0.2) is 6.18 Å². The lowest BCUT2D eigenvalue weighted by Gasteiger charge is -2.57. The van der Waals surface area contributed by atoms with Gasteiger partial charge in [-0.2, -0.15) is 13.2 Å². The third-order valence-electron chi connectivity index (χ3n) is 9.85. The molecule has 5 saturated carbocycles. The average Bonchev–Trinajstić information content (AvgIpc) is 3.32. The van der Waals surface area contributed by atoms with E-state index in [-0.39, 0.29) is 0 Å². The van der Waals surface area contributed by atoms with Crippen LogP contribution in [0.4, 0.5) is 13.2 Å². The molecule has 0 nitrogen and oxygen atoms in total. The highest BCUT2D eigenvalue weighted by molar-refractivity contribution is 5.17. The molecule has 5 aliphatic rings. The zero-order chi connectivity index (χ0) is 18.3. The van der Waals surface area contributed by atoms with Crippen molar-refractivity contribution < 1.29 is 13.2 Å². The van der Waals surface area contributed by atoms with Crippen LogP contribution in [0.1, 0.15) is 64.7 Å². The fraction of sp³-hybridized carbons (Fsp3) is 0.913. The largest absolute Gasteiger partial charge is 0.391 e. The monoisotopic (exact) mass is 366 g/mol. The topological polar surface area (TPSA) is 0 Å². The molecular formula is C23H33F3. The zero-order valence-electron chi connectivity index (χ0n) is 16.0. The Bertz CT molecular complexity index is 580. The summed E-state index contributed by atoms with van der Waals surface area (Å²) in [6.07, 6.45) is 7.27. The van der Waals surface area contributed by atoms with Crippen LogP contribution in [0.2, 0.25) is 0 Å². The summed E-state index contributed by atoms with van der Waals surface area (Å²) in [6, 6.07) is 0. The quantitative estimate of drug-likeness (QED) is 0.468. The van der Waals surface area contributed by atoms with E-state index in [0.29, 0.717) is 30.1 Å². The number of allylic oxidation sites excluding steroid dienone is 1. The summed E-state index contributed by atoms with van der Waals surface area (Å²) in [5.41, 5.74) is 0.485. The van der Waals surface area contributed by atoms with E-state index < -0.39 is 12.1 Å². The van der Waals surface area contributed by atoms with Gasteiger partial charge in [-0.1, -0.05) is 13.0 Å². The maximum atomic E-state index is 13.2. The van der Waals surface area contributed by atoms with Crippen molar-refractivity contribution in [2.45, 2.75) is 70.9 Å². The van der Waals surface area contributed by atoms with Crippen molar-refractivity contribution in [3.05, 3.63) is 12.7 Å². The molecule has 3 heteroatoms. The summed E-state index contributed by atoms with van der Waals surface area (Å²) in [6.45, 7) is 6.57. The van der Waals surface area contributed by atoms with Gasteiger partial charge in [-0.3, -0.25) is 0 Å². The lowest BCUT2D eigenvalue weighted by molar-refractivity contribution is -0.196. The van der Waals surface area contributed by atoms with Crippen molar-refractivity contribution in [1.82, 2.24) is 0 Å². The van der Waals surface area contributed by atoms with Crippen molar-refractivity contribution >= 4 is 0 Å². The second-order valence-electron chi connectivity index (χ2n) is 10.6. The first-order valence-electron chi connectivity index (χ1n) is 11.0. The van der Waals surface area contributed by atoms with Crippen molar-refractivity contribution in [2.75, 3.05) is 0 Å². The van der Waals surface area contributed by atoms with Gasteiger partial charge in [0.25, 0.3) is 0 Å². The molecule has 10 atom stereocenters. The van der Waals surface area contributed by atoms with Gasteiger partial charge in [0.2, 0.25) is 0 Å². The Morgan fingerprint density at radius 1 is 0.923 bits per heavy atom. The molecular weight excluding hydrogens is 333 g/mol. The van der Waals surface area contributed by atoms with Gasteiger partial charge in [-0.05, 0) is 111 Å². The predicted molar refractivity (Wildman–Crippen MR) is 97.3 cm³/mol. The minimum Gasteiger partial charge on any atom is -0.171 e. The van der Waals surface area contributed by atoms with Gasteiger partial charge < -0.3 is 0 Å². The molecule has 0 amide bonds. The van der Waals surface area contributed by atoms with Crippen LogP contribution in [0.25, 0.3) is 0 Å². The maximum Gasteiger partial charge on any atom is 0.391 e. The first kappa shape index (κ1) is 17.6. The number of halogens is 3. The Labute approximate surface area is 156 Å². The van der Waals surface area contributed by atoms with Gasteiger partial charge in [-0.15, -0.1) is 6.58 Å². The summed E-state index contributed by atoms with van der Waals surface area (Å²) in [4.78, 5) is 0. The van der Waals surface area contributed by atoms with E-state index in [1.165, 1.54) is 32.1 Å². The highest BCUT2D eigenvalue weighted by Gasteiger charge is 2.68. The second-order valence-corrected chi connectivity index (χ2v) is 10.6. The van der Waals surface area contributed by atoms with Crippen molar-refractivity contribution in [3.8, 4) is 0 Å². The van der Waals surface area contributed by atoms with Gasteiger partial charge >= 0.3 is 6.18 Å². The van der Waals surface area contributed by atoms with Crippen molar-refractivity contribution in [2.24, 2.45) is 58.7 Å². The number of rotatable bonds is 2. The molecule has 0 aliphatic heterocycles. The fourth-order valence-corrected chi connectivity index (χ4v) is 8.89. The molecule has 0 bridgehead atoms. The molecule has 5 aliphatic carbocycles. The van der Waals surface area contributed by atoms with E-state index in [4.69, 9.17) is 0 Å². The molecule has 0 N–H and O–H groups in total. The van der Waals surface area contributed by atoms with Crippen LogP contribution in [0.5, 0.6) is 0 Å². The summed E-state index contributed by atoms with van der Waals surface area (Å²) in [5, 5.41) is 0. The van der Waals surface area contributed by atoms with Gasteiger partial charge in [0, 0.05) is 0 Å². The molecule has 0 spiro atoms. The summed E-state index contributed by atoms with van der Waals surface area (Å²) in [7, 11) is 0. The van der Waals surface area contributed by atoms with E-state index in [1.807, 2.05) is 0 Å². The predicted octanol–water partition coefficient (Wildman–Crippen LogP) is 6.87. The van der Waals surface area contributed by atoms with Gasteiger partial charge in [0.15, 0.2) is 0 Å². The number of fused-ring (bicyclic) bond motifs is 7. The molecule has 0 saturated heterocycles.